The summed E-state index contributed by atoms with van der Waals surface area (Å²) in [5, 5.41) is 0.563. The van der Waals surface area contributed by atoms with Gasteiger partial charge in [-0.15, -0.1) is 0 Å². The van der Waals surface area contributed by atoms with Gasteiger partial charge >= 0.3 is 0 Å². The van der Waals surface area contributed by atoms with E-state index in [4.69, 9.17) is 29.6 Å². The number of carbonyl (C=O) groups is 1. The van der Waals surface area contributed by atoms with Crippen LogP contribution in [0.2, 0.25) is 5.02 Å². The monoisotopic (exact) mass is 424 g/mol. The number of amides is 1. The smallest absolute Gasteiger partial charge is 0.255 e. The number of nitrogens with two attached hydrogens (primary N) is 1. The Hall–Kier alpha value is -0.400. The molecule has 20 heavy (non-hydrogen) atoms. The number of thiocarbonyl (C=S) groups is 1. The van der Waals surface area contributed by atoms with E-state index in [0.717, 1.165) is 3.57 Å². The standard InChI is InChI=1S/C14H18ClIN2OS/c1-9(2)8-18(6-5-13(17)20)14(19)11-7-10(15)3-4-12(11)16/h3-4,7,9H,5-6,8H2,1-2H3,(H2,17,20). The van der Waals surface area contributed by atoms with Gasteiger partial charge in [-0.1, -0.05) is 37.7 Å². The maximum atomic E-state index is 12.6. The van der Waals surface area contributed by atoms with E-state index in [1.165, 1.54) is 0 Å². The molecule has 0 heterocycles. The predicted octanol–water partition coefficient (Wildman–Crippen LogP) is 3.72. The molecule has 2 N–H and O–H groups in total. The number of hydrogen-bond donors (Lipinski definition) is 1. The number of nitrogens with zero attached hydrogens (tertiary/aromatic N) is 1. The number of carbonyl (C=O) groups excluding carboxylic acids is 1. The van der Waals surface area contributed by atoms with Crippen LogP contribution in [0.15, 0.2) is 18.2 Å². The molecule has 0 fully saturated rings. The Balaban J connectivity index is 2.96. The fraction of sp³-hybridized carbons (Fsp3) is 0.429. The van der Waals surface area contributed by atoms with Gasteiger partial charge < -0.3 is 10.6 Å². The van der Waals surface area contributed by atoms with E-state index < -0.39 is 0 Å². The van der Waals surface area contributed by atoms with Crippen molar-refractivity contribution in [2.24, 2.45) is 11.7 Å². The molecule has 1 amide bonds. The van der Waals surface area contributed by atoms with Gasteiger partial charge in [0.05, 0.1) is 10.6 Å². The molecule has 1 aromatic carbocycles. The first-order valence-corrected chi connectivity index (χ1v) is 8.20. The van der Waals surface area contributed by atoms with E-state index in [9.17, 15) is 4.79 Å². The highest BCUT2D eigenvalue weighted by atomic mass is 127. The second-order valence-electron chi connectivity index (χ2n) is 4.99. The highest BCUT2D eigenvalue weighted by Crippen LogP contribution is 2.20. The molecule has 0 unspecified atom stereocenters. The minimum atomic E-state index is -0.0261. The predicted molar refractivity (Wildman–Crippen MR) is 96.3 cm³/mol. The van der Waals surface area contributed by atoms with Crippen molar-refractivity contribution in [1.82, 2.24) is 4.90 Å². The van der Waals surface area contributed by atoms with Gasteiger partial charge in [0, 0.05) is 28.1 Å². The van der Waals surface area contributed by atoms with Crippen molar-refractivity contribution in [3.63, 3.8) is 0 Å². The SMILES string of the molecule is CC(C)CN(CCC(N)=S)C(=O)c1cc(Cl)ccc1I. The van der Waals surface area contributed by atoms with E-state index in [1.807, 2.05) is 6.07 Å². The fourth-order valence-corrected chi connectivity index (χ4v) is 2.62. The Labute approximate surface area is 144 Å². The number of hydrogen-bond acceptors (Lipinski definition) is 2. The first-order chi connectivity index (χ1) is 9.31. The molecule has 0 atom stereocenters. The summed E-state index contributed by atoms with van der Waals surface area (Å²) in [5.41, 5.74) is 6.16. The normalized spacial score (nSPS) is 10.7. The van der Waals surface area contributed by atoms with E-state index in [0.29, 0.717) is 41.0 Å². The van der Waals surface area contributed by atoms with Gasteiger partial charge in [-0.2, -0.15) is 0 Å². The maximum absolute atomic E-state index is 12.6. The van der Waals surface area contributed by atoms with Crippen molar-refractivity contribution in [2.75, 3.05) is 13.1 Å². The summed E-state index contributed by atoms with van der Waals surface area (Å²) >= 11 is 13.0. The number of rotatable bonds is 6. The van der Waals surface area contributed by atoms with Crippen LogP contribution in [-0.4, -0.2) is 28.9 Å². The molecule has 0 aliphatic heterocycles. The lowest BCUT2D eigenvalue weighted by atomic mass is 10.1. The lowest BCUT2D eigenvalue weighted by Crippen LogP contribution is -2.36. The van der Waals surface area contributed by atoms with Crippen molar-refractivity contribution in [1.29, 1.82) is 0 Å². The van der Waals surface area contributed by atoms with E-state index >= 15 is 0 Å². The molecule has 6 heteroatoms. The molecule has 0 spiro atoms. The summed E-state index contributed by atoms with van der Waals surface area (Å²) in [5.74, 6) is 0.351. The van der Waals surface area contributed by atoms with Gasteiger partial charge in [0.25, 0.3) is 5.91 Å². The van der Waals surface area contributed by atoms with Crippen LogP contribution in [0.4, 0.5) is 0 Å². The van der Waals surface area contributed by atoms with Crippen LogP contribution in [0, 0.1) is 9.49 Å². The first-order valence-electron chi connectivity index (χ1n) is 6.34. The van der Waals surface area contributed by atoms with Gasteiger partial charge in [0.2, 0.25) is 0 Å². The van der Waals surface area contributed by atoms with Gasteiger partial charge in [0.1, 0.15) is 0 Å². The third kappa shape index (κ3) is 5.54. The van der Waals surface area contributed by atoms with Crippen LogP contribution >= 0.6 is 46.4 Å². The van der Waals surface area contributed by atoms with Crippen molar-refractivity contribution in [3.05, 3.63) is 32.4 Å². The highest BCUT2D eigenvalue weighted by Gasteiger charge is 2.19. The number of halogens is 2. The Bertz CT molecular complexity index is 508. The first kappa shape index (κ1) is 17.7. The Morgan fingerprint density at radius 2 is 2.15 bits per heavy atom. The van der Waals surface area contributed by atoms with Crippen molar-refractivity contribution < 1.29 is 4.79 Å². The van der Waals surface area contributed by atoms with E-state index in [-0.39, 0.29) is 5.91 Å². The molecule has 1 rings (SSSR count). The third-order valence-electron chi connectivity index (χ3n) is 2.66. The zero-order valence-corrected chi connectivity index (χ0v) is 15.3. The molecule has 110 valence electrons. The lowest BCUT2D eigenvalue weighted by molar-refractivity contribution is 0.0740. The van der Waals surface area contributed by atoms with Gasteiger partial charge in [-0.25, -0.2) is 0 Å². The summed E-state index contributed by atoms with van der Waals surface area (Å²) < 4.78 is 0.890. The minimum Gasteiger partial charge on any atom is -0.393 e. The fourth-order valence-electron chi connectivity index (χ4n) is 1.79. The summed E-state index contributed by atoms with van der Waals surface area (Å²) in [6, 6.07) is 5.33. The largest absolute Gasteiger partial charge is 0.393 e. The molecule has 0 aliphatic rings. The molecule has 1 aromatic rings. The zero-order valence-electron chi connectivity index (χ0n) is 11.5. The average Bonchev–Trinajstić information content (AvgIpc) is 2.36. The molecular formula is C14H18ClIN2OS. The van der Waals surface area contributed by atoms with Crippen LogP contribution in [0.5, 0.6) is 0 Å². The Kier molecular flexibility index (Phi) is 7.19. The highest BCUT2D eigenvalue weighted by molar-refractivity contribution is 14.1. The minimum absolute atomic E-state index is 0.0261. The topological polar surface area (TPSA) is 46.3 Å². The molecule has 0 radical (unpaired) electrons. The van der Waals surface area contributed by atoms with Crippen LogP contribution in [0.25, 0.3) is 0 Å². The third-order valence-corrected chi connectivity index (χ3v) is 4.04. The summed E-state index contributed by atoms with van der Waals surface area (Å²) in [6.45, 7) is 5.35. The lowest BCUT2D eigenvalue weighted by Gasteiger charge is -2.25. The molecule has 0 saturated carbocycles. The van der Waals surface area contributed by atoms with E-state index in [2.05, 4.69) is 36.4 Å². The van der Waals surface area contributed by atoms with Crippen LogP contribution in [0.3, 0.4) is 0 Å². The average molecular weight is 425 g/mol. The van der Waals surface area contributed by atoms with Crippen molar-refractivity contribution >= 4 is 57.3 Å². The maximum Gasteiger partial charge on any atom is 0.255 e. The van der Waals surface area contributed by atoms with Gasteiger partial charge in [-0.3, -0.25) is 4.79 Å². The van der Waals surface area contributed by atoms with Crippen molar-refractivity contribution in [2.45, 2.75) is 20.3 Å². The molecule has 0 aliphatic carbocycles. The number of benzene rings is 1. The quantitative estimate of drug-likeness (QED) is 0.559. The van der Waals surface area contributed by atoms with Crippen LogP contribution in [0.1, 0.15) is 30.6 Å². The van der Waals surface area contributed by atoms with Crippen LogP contribution in [-0.2, 0) is 0 Å². The summed E-state index contributed by atoms with van der Waals surface area (Å²) in [7, 11) is 0. The molecule has 0 bridgehead atoms. The van der Waals surface area contributed by atoms with Crippen molar-refractivity contribution in [3.8, 4) is 0 Å². The Morgan fingerprint density at radius 3 is 2.70 bits per heavy atom. The summed E-state index contributed by atoms with van der Waals surface area (Å²) in [6.07, 6.45) is 0.533. The van der Waals surface area contributed by atoms with Gasteiger partial charge in [0.15, 0.2) is 0 Å². The second-order valence-corrected chi connectivity index (χ2v) is 7.11. The zero-order chi connectivity index (χ0) is 15.3. The van der Waals surface area contributed by atoms with Crippen LogP contribution < -0.4 is 5.73 Å². The molecule has 3 nitrogen and oxygen atoms in total. The van der Waals surface area contributed by atoms with E-state index in [1.54, 1.807) is 17.0 Å². The second kappa shape index (κ2) is 8.14. The molecule has 0 saturated heterocycles. The summed E-state index contributed by atoms with van der Waals surface area (Å²) in [4.78, 5) is 14.9. The molecular weight excluding hydrogens is 407 g/mol. The van der Waals surface area contributed by atoms with Gasteiger partial charge in [-0.05, 0) is 46.7 Å². The Morgan fingerprint density at radius 1 is 1.50 bits per heavy atom. The molecule has 0 aromatic heterocycles.